The van der Waals surface area contributed by atoms with E-state index in [1.807, 2.05) is 18.2 Å². The summed E-state index contributed by atoms with van der Waals surface area (Å²) < 4.78 is 0. The summed E-state index contributed by atoms with van der Waals surface area (Å²) in [5, 5.41) is 3.08. The van der Waals surface area contributed by atoms with Crippen LogP contribution in [0.25, 0.3) is 0 Å². The largest absolute Gasteiger partial charge is 0.351 e. The molecule has 4 heteroatoms. The summed E-state index contributed by atoms with van der Waals surface area (Å²) >= 11 is 1.65. The molecule has 2 aromatic rings. The first-order valence-electron chi connectivity index (χ1n) is 8.23. The quantitative estimate of drug-likeness (QED) is 0.899. The van der Waals surface area contributed by atoms with Crippen molar-refractivity contribution >= 4 is 17.2 Å². The summed E-state index contributed by atoms with van der Waals surface area (Å²) in [6.45, 7) is 9.20. The molecule has 0 aliphatic carbocycles. The highest BCUT2D eigenvalue weighted by Crippen LogP contribution is 2.32. The summed E-state index contributed by atoms with van der Waals surface area (Å²) in [4.78, 5) is 17.0. The predicted molar refractivity (Wildman–Crippen MR) is 95.9 cm³/mol. The molecule has 1 aliphatic rings. The first kappa shape index (κ1) is 16.2. The highest BCUT2D eigenvalue weighted by Gasteiger charge is 2.25. The van der Waals surface area contributed by atoms with Gasteiger partial charge in [0, 0.05) is 30.6 Å². The van der Waals surface area contributed by atoms with Crippen LogP contribution in [0.15, 0.2) is 36.4 Å². The van der Waals surface area contributed by atoms with Crippen molar-refractivity contribution in [2.45, 2.75) is 45.8 Å². The number of rotatable bonds is 5. The Balaban J connectivity index is 1.57. The van der Waals surface area contributed by atoms with Crippen molar-refractivity contribution in [2.24, 2.45) is 0 Å². The Morgan fingerprint density at radius 1 is 1.22 bits per heavy atom. The summed E-state index contributed by atoms with van der Waals surface area (Å²) in [5.41, 5.74) is 2.58. The van der Waals surface area contributed by atoms with Crippen molar-refractivity contribution in [1.29, 1.82) is 0 Å². The van der Waals surface area contributed by atoms with Crippen LogP contribution < -0.4 is 5.32 Å². The van der Waals surface area contributed by atoms with Crippen LogP contribution in [-0.2, 0) is 13.1 Å². The number of carbonyl (C=O) groups excluding carboxylic acids is 1. The molecule has 1 aliphatic heterocycles. The number of benzene rings is 1. The van der Waals surface area contributed by atoms with Crippen LogP contribution in [0.1, 0.15) is 52.4 Å². The lowest BCUT2D eigenvalue weighted by Crippen LogP contribution is -2.27. The molecule has 3 rings (SSSR count). The van der Waals surface area contributed by atoms with Gasteiger partial charge in [0.1, 0.15) is 0 Å². The van der Waals surface area contributed by atoms with Gasteiger partial charge in [-0.3, -0.25) is 9.69 Å². The molecule has 23 heavy (non-hydrogen) atoms. The van der Waals surface area contributed by atoms with E-state index in [1.54, 1.807) is 11.3 Å². The first-order chi connectivity index (χ1) is 11.0. The van der Waals surface area contributed by atoms with E-state index in [0.717, 1.165) is 18.0 Å². The maximum Gasteiger partial charge on any atom is 0.261 e. The van der Waals surface area contributed by atoms with Gasteiger partial charge in [-0.15, -0.1) is 11.3 Å². The summed E-state index contributed by atoms with van der Waals surface area (Å²) in [7, 11) is 0. The van der Waals surface area contributed by atoms with Gasteiger partial charge in [0.15, 0.2) is 0 Å². The van der Waals surface area contributed by atoms with Crippen LogP contribution in [0.3, 0.4) is 0 Å². The zero-order valence-electron chi connectivity index (χ0n) is 14.0. The molecular weight excluding hydrogens is 304 g/mol. The molecule has 0 fully saturated rings. The van der Waals surface area contributed by atoms with Gasteiger partial charge in [0.2, 0.25) is 0 Å². The maximum absolute atomic E-state index is 12.4. The fourth-order valence-electron chi connectivity index (χ4n) is 2.90. The van der Waals surface area contributed by atoms with E-state index in [0.29, 0.717) is 18.5 Å². The van der Waals surface area contributed by atoms with Gasteiger partial charge >= 0.3 is 0 Å². The van der Waals surface area contributed by atoms with Crippen molar-refractivity contribution in [3.8, 4) is 0 Å². The second-order valence-corrected chi connectivity index (χ2v) is 7.72. The number of amides is 1. The Bertz CT molecular complexity index is 654. The molecule has 122 valence electrons. The van der Waals surface area contributed by atoms with Crippen LogP contribution in [0, 0.1) is 0 Å². The highest BCUT2D eigenvalue weighted by atomic mass is 32.1. The molecule has 1 aromatic carbocycles. The Morgan fingerprint density at radius 2 is 1.96 bits per heavy atom. The Labute approximate surface area is 142 Å². The molecule has 1 atom stereocenters. The number of nitrogens with zero attached hydrogens (tertiary/aromatic N) is 1. The lowest BCUT2D eigenvalue weighted by atomic mass is 10.0. The van der Waals surface area contributed by atoms with Gasteiger partial charge in [0.05, 0.1) is 4.88 Å². The van der Waals surface area contributed by atoms with Gasteiger partial charge in [-0.2, -0.15) is 0 Å². The summed E-state index contributed by atoms with van der Waals surface area (Å²) in [6, 6.07) is 12.9. The standard InChI is InChI=1S/C19H24N2OS/c1-13(2)21-11-16-9-17(23-18(16)12-21)19(22)20-10-14(3)15-7-5-4-6-8-15/h4-9,13-14H,10-12H2,1-3H3,(H,20,22). The fourth-order valence-corrected chi connectivity index (χ4v) is 4.02. The predicted octanol–water partition coefficient (Wildman–Crippen LogP) is 4.01. The molecule has 0 radical (unpaired) electrons. The second kappa shape index (κ2) is 6.85. The van der Waals surface area contributed by atoms with Crippen LogP contribution in [0.5, 0.6) is 0 Å². The van der Waals surface area contributed by atoms with E-state index in [-0.39, 0.29) is 5.91 Å². The normalized spacial score (nSPS) is 15.7. The molecule has 1 unspecified atom stereocenters. The summed E-state index contributed by atoms with van der Waals surface area (Å²) in [6.07, 6.45) is 0. The Kier molecular flexibility index (Phi) is 4.83. The van der Waals surface area contributed by atoms with Crippen molar-refractivity contribution in [2.75, 3.05) is 6.54 Å². The van der Waals surface area contributed by atoms with Crippen molar-refractivity contribution in [3.63, 3.8) is 0 Å². The Morgan fingerprint density at radius 3 is 2.61 bits per heavy atom. The van der Waals surface area contributed by atoms with E-state index in [2.05, 4.69) is 49.2 Å². The van der Waals surface area contributed by atoms with E-state index in [9.17, 15) is 4.79 Å². The SMILES string of the molecule is CC(CNC(=O)c1cc2c(s1)CN(C(C)C)C2)c1ccccc1. The van der Waals surface area contributed by atoms with Gasteiger partial charge < -0.3 is 5.32 Å². The first-order valence-corrected chi connectivity index (χ1v) is 9.05. The third-order valence-corrected chi connectivity index (χ3v) is 5.67. The zero-order chi connectivity index (χ0) is 16.4. The van der Waals surface area contributed by atoms with E-state index in [1.165, 1.54) is 16.0 Å². The molecular formula is C19H24N2OS. The number of hydrogen-bond acceptors (Lipinski definition) is 3. The Hall–Kier alpha value is -1.65. The highest BCUT2D eigenvalue weighted by molar-refractivity contribution is 7.14. The van der Waals surface area contributed by atoms with Crippen molar-refractivity contribution in [3.05, 3.63) is 57.3 Å². The number of carbonyl (C=O) groups is 1. The lowest BCUT2D eigenvalue weighted by Gasteiger charge is -2.19. The second-order valence-electron chi connectivity index (χ2n) is 6.58. The van der Waals surface area contributed by atoms with E-state index in [4.69, 9.17) is 0 Å². The van der Waals surface area contributed by atoms with Crippen LogP contribution in [0.4, 0.5) is 0 Å². The summed E-state index contributed by atoms with van der Waals surface area (Å²) in [5.74, 6) is 0.381. The zero-order valence-corrected chi connectivity index (χ0v) is 14.8. The number of hydrogen-bond donors (Lipinski definition) is 1. The molecule has 0 spiro atoms. The molecule has 0 saturated heterocycles. The minimum absolute atomic E-state index is 0.0586. The van der Waals surface area contributed by atoms with Gasteiger partial charge in [-0.25, -0.2) is 0 Å². The van der Waals surface area contributed by atoms with Crippen LogP contribution in [-0.4, -0.2) is 23.4 Å². The van der Waals surface area contributed by atoms with Gasteiger partial charge in [-0.05, 0) is 37.0 Å². The maximum atomic E-state index is 12.4. The van der Waals surface area contributed by atoms with E-state index < -0.39 is 0 Å². The van der Waals surface area contributed by atoms with E-state index >= 15 is 0 Å². The molecule has 1 N–H and O–H groups in total. The molecule has 0 saturated carbocycles. The minimum atomic E-state index is 0.0586. The van der Waals surface area contributed by atoms with Crippen molar-refractivity contribution in [1.82, 2.24) is 10.2 Å². The number of thiophene rings is 1. The average molecular weight is 328 g/mol. The lowest BCUT2D eigenvalue weighted by molar-refractivity contribution is 0.0955. The van der Waals surface area contributed by atoms with Gasteiger partial charge in [-0.1, -0.05) is 37.3 Å². The average Bonchev–Trinajstić information content (AvgIpc) is 3.12. The minimum Gasteiger partial charge on any atom is -0.351 e. The monoisotopic (exact) mass is 328 g/mol. The third kappa shape index (κ3) is 3.65. The fraction of sp³-hybridized carbons (Fsp3) is 0.421. The molecule has 1 aromatic heterocycles. The topological polar surface area (TPSA) is 32.3 Å². The molecule has 1 amide bonds. The molecule has 3 nitrogen and oxygen atoms in total. The smallest absolute Gasteiger partial charge is 0.261 e. The van der Waals surface area contributed by atoms with Gasteiger partial charge in [0.25, 0.3) is 5.91 Å². The molecule has 2 heterocycles. The number of fused-ring (bicyclic) bond motifs is 1. The molecule has 0 bridgehead atoms. The third-order valence-electron chi connectivity index (χ3n) is 4.51. The van der Waals surface area contributed by atoms with Crippen LogP contribution in [0.2, 0.25) is 0 Å². The number of nitrogens with one attached hydrogen (secondary N) is 1. The van der Waals surface area contributed by atoms with Crippen LogP contribution >= 0.6 is 11.3 Å². The van der Waals surface area contributed by atoms with Crippen molar-refractivity contribution < 1.29 is 4.79 Å².